The van der Waals surface area contributed by atoms with Crippen molar-refractivity contribution in [2.24, 2.45) is 51.2 Å². The number of rotatable bonds is 1. The van der Waals surface area contributed by atoms with Gasteiger partial charge in [-0.15, -0.1) is 0 Å². The van der Waals surface area contributed by atoms with E-state index in [2.05, 4.69) is 64.5 Å². The van der Waals surface area contributed by atoms with Crippen LogP contribution in [0, 0.1) is 51.2 Å². The topological polar surface area (TPSA) is 104 Å². The predicted octanol–water partition coefficient (Wildman–Crippen LogP) is 6.64. The van der Waals surface area contributed by atoms with Crippen molar-refractivity contribution >= 4 is 5.97 Å². The maximum atomic E-state index is 12.9. The summed E-state index contributed by atoms with van der Waals surface area (Å²) >= 11 is 0. The number of aromatic nitrogens is 2. The van der Waals surface area contributed by atoms with Crippen molar-refractivity contribution in [2.45, 2.75) is 105 Å². The van der Waals surface area contributed by atoms with Gasteiger partial charge in [-0.1, -0.05) is 60.1 Å². The highest BCUT2D eigenvalue weighted by atomic mass is 16.4. The summed E-state index contributed by atoms with van der Waals surface area (Å²) in [7, 11) is 0. The standard InChI is InChI=1S/C32H46N2O4/c1-17-10-13-32(26(36)37)15-14-30(6)20(23(32)18(17)2)8-9-22-29(5)16-19-24(33-27(38)34-25(19)35)28(3,4)21(29)11-12-31(22,30)7/h8,17-18,21-23H,9-16H2,1-7H3,(H,36,37)(H2,33,34,35,38)/t17-,18+,21+,22-,23+,29+,30-,31-,32+/m1/s1. The third kappa shape index (κ3) is 2.93. The molecule has 0 saturated heterocycles. The SMILES string of the molecule is C[C@H]1[C@H](C)CC[C@]2(C(=O)O)CC[C@]3(C)C(=CC[C@@H]4[C@@]5(C)Cc6c(O)nc(O)nc6C(C)(C)[C@@H]5CC[C@]43C)[C@H]12. The summed E-state index contributed by atoms with van der Waals surface area (Å²) in [6.45, 7) is 16.5. The number of carbonyl (C=O) groups is 1. The number of nitrogens with zero attached hydrogens (tertiary/aromatic N) is 2. The monoisotopic (exact) mass is 522 g/mol. The second-order valence-electron chi connectivity index (χ2n) is 15.2. The Morgan fingerprint density at radius 3 is 2.34 bits per heavy atom. The number of hydrogen-bond donors (Lipinski definition) is 3. The Bertz CT molecular complexity index is 1240. The van der Waals surface area contributed by atoms with Crippen LogP contribution in [-0.4, -0.2) is 31.3 Å². The van der Waals surface area contributed by atoms with Crippen LogP contribution < -0.4 is 0 Å². The van der Waals surface area contributed by atoms with E-state index in [1.165, 1.54) is 5.57 Å². The van der Waals surface area contributed by atoms with Crippen LogP contribution in [0.4, 0.5) is 0 Å². The zero-order valence-electron chi connectivity index (χ0n) is 24.3. The van der Waals surface area contributed by atoms with Gasteiger partial charge in [0.15, 0.2) is 0 Å². The Morgan fingerprint density at radius 1 is 0.947 bits per heavy atom. The summed E-state index contributed by atoms with van der Waals surface area (Å²) in [5.41, 5.74) is 2.02. The smallest absolute Gasteiger partial charge is 0.317 e. The average Bonchev–Trinajstić information content (AvgIpc) is 2.82. The number of carboxylic acids is 1. The molecule has 3 N–H and O–H groups in total. The van der Waals surface area contributed by atoms with E-state index in [-0.39, 0.29) is 39.5 Å². The zero-order valence-corrected chi connectivity index (χ0v) is 24.3. The van der Waals surface area contributed by atoms with E-state index in [4.69, 9.17) is 0 Å². The Kier molecular flexibility index (Phi) is 5.33. The van der Waals surface area contributed by atoms with Gasteiger partial charge in [0, 0.05) is 11.0 Å². The van der Waals surface area contributed by atoms with Crippen LogP contribution in [0.3, 0.4) is 0 Å². The van der Waals surface area contributed by atoms with Crippen LogP contribution in [-0.2, 0) is 16.6 Å². The molecular weight excluding hydrogens is 476 g/mol. The van der Waals surface area contributed by atoms with Crippen molar-refractivity contribution in [3.05, 3.63) is 22.9 Å². The first-order chi connectivity index (χ1) is 17.6. The molecule has 1 aromatic heterocycles. The first-order valence-electron chi connectivity index (χ1n) is 14.9. The van der Waals surface area contributed by atoms with Crippen molar-refractivity contribution in [1.29, 1.82) is 0 Å². The van der Waals surface area contributed by atoms with E-state index < -0.39 is 11.4 Å². The number of aromatic hydroxyl groups is 2. The van der Waals surface area contributed by atoms with Gasteiger partial charge in [-0.2, -0.15) is 9.97 Å². The lowest BCUT2D eigenvalue weighted by Gasteiger charge is -2.70. The van der Waals surface area contributed by atoms with Crippen LogP contribution in [0.15, 0.2) is 11.6 Å². The second-order valence-corrected chi connectivity index (χ2v) is 15.2. The summed E-state index contributed by atoms with van der Waals surface area (Å²) in [5, 5.41) is 31.6. The molecule has 0 radical (unpaired) electrons. The van der Waals surface area contributed by atoms with Gasteiger partial charge in [-0.05, 0) is 97.2 Å². The molecule has 0 spiro atoms. The third-order valence-electron chi connectivity index (χ3n) is 13.7. The van der Waals surface area contributed by atoms with Crippen LogP contribution in [0.5, 0.6) is 11.9 Å². The van der Waals surface area contributed by atoms with Gasteiger partial charge in [-0.25, -0.2) is 0 Å². The number of fused-ring (bicyclic) bond motifs is 8. The zero-order chi connectivity index (χ0) is 27.6. The molecule has 3 fully saturated rings. The van der Waals surface area contributed by atoms with Gasteiger partial charge >= 0.3 is 12.0 Å². The van der Waals surface area contributed by atoms with Gasteiger partial charge in [0.25, 0.3) is 0 Å². The lowest BCUT2D eigenvalue weighted by Crippen LogP contribution is -2.65. The predicted molar refractivity (Wildman–Crippen MR) is 146 cm³/mol. The minimum absolute atomic E-state index is 0.0361. The Hall–Kier alpha value is -2.11. The molecule has 0 amide bonds. The van der Waals surface area contributed by atoms with Crippen LogP contribution in [0.1, 0.15) is 105 Å². The number of aliphatic carboxylic acids is 1. The van der Waals surface area contributed by atoms with Gasteiger partial charge in [0.2, 0.25) is 5.88 Å². The third-order valence-corrected chi connectivity index (χ3v) is 13.7. The van der Waals surface area contributed by atoms with Gasteiger partial charge < -0.3 is 15.3 Å². The molecular formula is C32H46N2O4. The lowest BCUT2D eigenvalue weighted by molar-refractivity contribution is -0.179. The highest BCUT2D eigenvalue weighted by Gasteiger charge is 2.69. The van der Waals surface area contributed by atoms with E-state index in [0.717, 1.165) is 56.2 Å². The van der Waals surface area contributed by atoms with Crippen molar-refractivity contribution in [2.75, 3.05) is 0 Å². The van der Waals surface area contributed by atoms with Gasteiger partial charge in [-0.3, -0.25) is 4.79 Å². The molecule has 9 atom stereocenters. The molecule has 6 nitrogen and oxygen atoms in total. The summed E-state index contributed by atoms with van der Waals surface area (Å²) < 4.78 is 0. The maximum Gasteiger partial charge on any atom is 0.317 e. The van der Waals surface area contributed by atoms with E-state index >= 15 is 0 Å². The first kappa shape index (κ1) is 26.1. The molecule has 0 bridgehead atoms. The van der Waals surface area contributed by atoms with Crippen molar-refractivity contribution in [3.8, 4) is 11.9 Å². The summed E-state index contributed by atoms with van der Waals surface area (Å²) in [6, 6.07) is -0.351. The van der Waals surface area contributed by atoms with Gasteiger partial charge in [0.1, 0.15) is 0 Å². The highest BCUT2D eigenvalue weighted by Crippen LogP contribution is 2.75. The molecule has 6 heteroatoms. The number of hydrogen-bond acceptors (Lipinski definition) is 5. The molecule has 1 heterocycles. The van der Waals surface area contributed by atoms with Crippen LogP contribution in [0.25, 0.3) is 0 Å². The number of carboxylic acid groups (broad SMARTS) is 1. The van der Waals surface area contributed by atoms with Crippen molar-refractivity contribution in [1.82, 2.24) is 9.97 Å². The van der Waals surface area contributed by atoms with E-state index in [0.29, 0.717) is 30.1 Å². The fraction of sp³-hybridized carbons (Fsp3) is 0.781. The summed E-state index contributed by atoms with van der Waals surface area (Å²) in [5.74, 6) is 1.09. The maximum absolute atomic E-state index is 12.9. The first-order valence-corrected chi connectivity index (χ1v) is 14.9. The van der Waals surface area contributed by atoms with Gasteiger partial charge in [0.05, 0.1) is 11.1 Å². The van der Waals surface area contributed by atoms with E-state index in [9.17, 15) is 20.1 Å². The molecule has 38 heavy (non-hydrogen) atoms. The summed E-state index contributed by atoms with van der Waals surface area (Å²) in [6.07, 6.45) is 9.80. The Labute approximate surface area is 227 Å². The second kappa shape index (κ2) is 7.75. The van der Waals surface area contributed by atoms with Crippen molar-refractivity contribution < 1.29 is 20.1 Å². The quantitative estimate of drug-likeness (QED) is 0.357. The molecule has 6 rings (SSSR count). The molecule has 0 aromatic carbocycles. The highest BCUT2D eigenvalue weighted by molar-refractivity contribution is 5.76. The van der Waals surface area contributed by atoms with Crippen LogP contribution >= 0.6 is 0 Å². The average molecular weight is 523 g/mol. The molecule has 3 saturated carbocycles. The molecule has 208 valence electrons. The summed E-state index contributed by atoms with van der Waals surface area (Å²) in [4.78, 5) is 21.3. The minimum Gasteiger partial charge on any atom is -0.493 e. The Morgan fingerprint density at radius 2 is 1.66 bits per heavy atom. The number of allylic oxidation sites excluding steroid dienone is 2. The fourth-order valence-electron chi connectivity index (χ4n) is 11.4. The fourth-order valence-corrected chi connectivity index (χ4v) is 11.4. The minimum atomic E-state index is -0.627. The van der Waals surface area contributed by atoms with Crippen LogP contribution in [0.2, 0.25) is 0 Å². The molecule has 1 aromatic rings. The molecule has 5 aliphatic rings. The van der Waals surface area contributed by atoms with Crippen molar-refractivity contribution in [3.63, 3.8) is 0 Å². The molecule has 0 aliphatic heterocycles. The normalized spacial score (nSPS) is 46.9. The van der Waals surface area contributed by atoms with E-state index in [1.54, 1.807) is 0 Å². The largest absolute Gasteiger partial charge is 0.493 e. The van der Waals surface area contributed by atoms with E-state index in [1.807, 2.05) is 0 Å². The lowest BCUT2D eigenvalue weighted by atomic mass is 9.33. The molecule has 0 unspecified atom stereocenters. The molecule has 5 aliphatic carbocycles. The Balaban J connectivity index is 1.49.